The molecule has 0 aromatic heterocycles. The molecule has 4 unspecified atom stereocenters. The number of nitrogens with one attached hydrogen (secondary N) is 1. The molecule has 3 aromatic carbocycles. The monoisotopic (exact) mass is 699 g/mol. The first kappa shape index (κ1) is 35.9. The fourth-order valence-corrected chi connectivity index (χ4v) is 9.23. The van der Waals surface area contributed by atoms with E-state index in [0.717, 1.165) is 67.2 Å². The van der Waals surface area contributed by atoms with Gasteiger partial charge in [0.15, 0.2) is 6.10 Å². The maximum absolute atomic E-state index is 14.4. The van der Waals surface area contributed by atoms with Gasteiger partial charge in [0.1, 0.15) is 12.4 Å². The Morgan fingerprint density at radius 3 is 2.60 bits per heavy atom. The molecule has 1 heterocycles. The number of ether oxygens (including phenoxy) is 3. The molecule has 1 aliphatic heterocycles. The number of fused-ring (bicyclic) bond motifs is 2. The lowest BCUT2D eigenvalue weighted by molar-refractivity contribution is -0.160. The van der Waals surface area contributed by atoms with Crippen LogP contribution in [0.2, 0.25) is 0 Å². The van der Waals surface area contributed by atoms with Crippen LogP contribution in [0, 0.1) is 19.8 Å². The predicted molar refractivity (Wildman–Crippen MR) is 197 cm³/mol. The van der Waals surface area contributed by atoms with Crippen LogP contribution in [0.25, 0.3) is 10.8 Å². The normalized spacial score (nSPS) is 21.6. The third-order valence-electron chi connectivity index (χ3n) is 10.1. The molecule has 0 bridgehead atoms. The molecule has 4 atom stereocenters. The van der Waals surface area contributed by atoms with Crippen molar-refractivity contribution in [2.24, 2.45) is 5.92 Å². The van der Waals surface area contributed by atoms with E-state index >= 15 is 0 Å². The SMILES string of the molecule is Cc1c(OCC2=CC=CCC=C2)c(NS(=O)(=O)c2cccc3ccccc23)c(C)c(C(OC(C)(C)C)C(=O)O)c1C1CCC2OCCCC2C1. The summed E-state index contributed by atoms with van der Waals surface area (Å²) in [5.41, 5.74) is 2.93. The number of carbonyl (C=O) groups is 1. The lowest BCUT2D eigenvalue weighted by Crippen LogP contribution is -2.36. The molecular formula is C41H49NO7S. The first-order valence-electron chi connectivity index (χ1n) is 17.7. The summed E-state index contributed by atoms with van der Waals surface area (Å²) in [6, 6.07) is 12.5. The van der Waals surface area contributed by atoms with Gasteiger partial charge in [0.05, 0.1) is 22.3 Å². The van der Waals surface area contributed by atoms with Crippen molar-refractivity contribution in [2.75, 3.05) is 17.9 Å². The lowest BCUT2D eigenvalue weighted by atomic mass is 9.71. The molecule has 2 N–H and O–H groups in total. The van der Waals surface area contributed by atoms with Crippen molar-refractivity contribution in [3.8, 4) is 5.75 Å². The molecule has 2 fully saturated rings. The second-order valence-corrected chi connectivity index (χ2v) is 16.4. The topological polar surface area (TPSA) is 111 Å². The minimum absolute atomic E-state index is 0.0167. The second-order valence-electron chi connectivity index (χ2n) is 14.7. The van der Waals surface area contributed by atoms with E-state index in [1.54, 1.807) is 25.1 Å². The number of hydrogen-bond acceptors (Lipinski definition) is 6. The number of anilines is 1. The van der Waals surface area contributed by atoms with E-state index < -0.39 is 27.7 Å². The molecule has 266 valence electrons. The zero-order valence-electron chi connectivity index (χ0n) is 29.7. The molecule has 1 saturated heterocycles. The molecular weight excluding hydrogens is 651 g/mol. The predicted octanol–water partition coefficient (Wildman–Crippen LogP) is 9.08. The summed E-state index contributed by atoms with van der Waals surface area (Å²) in [7, 11) is -4.18. The van der Waals surface area contributed by atoms with Gasteiger partial charge in [0.25, 0.3) is 10.0 Å². The quantitative estimate of drug-likeness (QED) is 0.217. The minimum atomic E-state index is -4.18. The van der Waals surface area contributed by atoms with Crippen molar-refractivity contribution >= 4 is 32.5 Å². The van der Waals surface area contributed by atoms with Crippen LogP contribution in [0.1, 0.15) is 93.6 Å². The molecule has 2 aliphatic carbocycles. The average molecular weight is 700 g/mol. The highest BCUT2D eigenvalue weighted by molar-refractivity contribution is 7.93. The number of benzene rings is 3. The maximum Gasteiger partial charge on any atom is 0.337 e. The Labute approximate surface area is 296 Å². The van der Waals surface area contributed by atoms with Gasteiger partial charge in [-0.2, -0.15) is 0 Å². The van der Waals surface area contributed by atoms with E-state index in [1.165, 1.54) is 0 Å². The standard InChI is InChI=1S/C41H49NO7S/c1-26-36(39(40(43)44)49-41(3,4)5)35(31-21-22-33-30(24-31)18-13-23-47-33)27(2)38(48-25-28-14-8-6-7-9-15-28)37(26)42-50(45,46)34-20-12-17-29-16-10-11-19-32(29)34/h6,8-12,14-17,19-20,30-31,33,39,42H,7,13,18,21-25H2,1-5H3,(H,43,44). The molecule has 0 spiro atoms. The molecule has 9 heteroatoms. The molecule has 3 aromatic rings. The first-order chi connectivity index (χ1) is 23.8. The van der Waals surface area contributed by atoms with Gasteiger partial charge in [-0.3, -0.25) is 4.72 Å². The number of carboxylic acid groups (broad SMARTS) is 1. The van der Waals surface area contributed by atoms with Crippen molar-refractivity contribution in [2.45, 2.75) is 102 Å². The maximum atomic E-state index is 14.4. The van der Waals surface area contributed by atoms with Crippen molar-refractivity contribution in [3.05, 3.63) is 101 Å². The Balaban J connectivity index is 1.56. The van der Waals surface area contributed by atoms with E-state index in [2.05, 4.69) is 16.9 Å². The van der Waals surface area contributed by atoms with Gasteiger partial charge in [-0.15, -0.1) is 0 Å². The first-order valence-corrected chi connectivity index (χ1v) is 19.2. The molecule has 6 rings (SSSR count). The molecule has 3 aliphatic rings. The van der Waals surface area contributed by atoms with E-state index in [0.29, 0.717) is 28.2 Å². The Kier molecular flexibility index (Phi) is 10.6. The van der Waals surface area contributed by atoms with Gasteiger partial charge >= 0.3 is 5.97 Å². The summed E-state index contributed by atoms with van der Waals surface area (Å²) in [5, 5.41) is 12.1. The highest BCUT2D eigenvalue weighted by atomic mass is 32.2. The highest BCUT2D eigenvalue weighted by Crippen LogP contribution is 2.50. The lowest BCUT2D eigenvalue weighted by Gasteiger charge is -2.41. The molecule has 0 radical (unpaired) electrons. The van der Waals surface area contributed by atoms with Gasteiger partial charge in [0, 0.05) is 17.6 Å². The van der Waals surface area contributed by atoms with Gasteiger partial charge in [-0.25, -0.2) is 13.2 Å². The molecule has 8 nitrogen and oxygen atoms in total. The fourth-order valence-electron chi connectivity index (χ4n) is 7.87. The third-order valence-corrected chi connectivity index (χ3v) is 11.5. The van der Waals surface area contributed by atoms with Gasteiger partial charge in [0.2, 0.25) is 0 Å². The fraction of sp³-hybridized carbons (Fsp3) is 0.439. The van der Waals surface area contributed by atoms with Crippen LogP contribution in [0.4, 0.5) is 5.69 Å². The summed E-state index contributed by atoms with van der Waals surface area (Å²) in [5.74, 6) is -0.350. The smallest absolute Gasteiger partial charge is 0.337 e. The summed E-state index contributed by atoms with van der Waals surface area (Å²) in [6.07, 6.45) is 14.4. The van der Waals surface area contributed by atoms with Gasteiger partial charge in [-0.1, -0.05) is 66.8 Å². The zero-order chi connectivity index (χ0) is 35.6. The van der Waals surface area contributed by atoms with E-state index in [1.807, 2.05) is 70.2 Å². The van der Waals surface area contributed by atoms with Crippen LogP contribution >= 0.6 is 0 Å². The van der Waals surface area contributed by atoms with Crippen molar-refractivity contribution in [1.29, 1.82) is 0 Å². The average Bonchev–Trinajstić information content (AvgIpc) is 3.36. The Morgan fingerprint density at radius 1 is 1.04 bits per heavy atom. The van der Waals surface area contributed by atoms with Crippen LogP contribution < -0.4 is 9.46 Å². The number of aliphatic carboxylic acids is 1. The van der Waals surface area contributed by atoms with Crippen molar-refractivity contribution in [3.63, 3.8) is 0 Å². The number of rotatable bonds is 10. The highest BCUT2D eigenvalue weighted by Gasteiger charge is 2.40. The molecule has 50 heavy (non-hydrogen) atoms. The molecule has 0 amide bonds. The number of carboxylic acids is 1. The summed E-state index contributed by atoms with van der Waals surface area (Å²) in [6.45, 7) is 10.2. The third kappa shape index (κ3) is 7.70. The van der Waals surface area contributed by atoms with Crippen molar-refractivity contribution in [1.82, 2.24) is 0 Å². The van der Waals surface area contributed by atoms with Crippen LogP contribution in [0.15, 0.2) is 83.3 Å². The van der Waals surface area contributed by atoms with Crippen LogP contribution in [-0.4, -0.2) is 44.4 Å². The van der Waals surface area contributed by atoms with Crippen LogP contribution in [-0.2, 0) is 24.3 Å². The van der Waals surface area contributed by atoms with E-state index in [9.17, 15) is 18.3 Å². The number of allylic oxidation sites excluding steroid dienone is 4. The Morgan fingerprint density at radius 2 is 1.82 bits per heavy atom. The molecule has 1 saturated carbocycles. The van der Waals surface area contributed by atoms with Gasteiger partial charge in [-0.05, 0) is 119 Å². The zero-order valence-corrected chi connectivity index (χ0v) is 30.5. The number of sulfonamides is 1. The summed E-state index contributed by atoms with van der Waals surface area (Å²) >= 11 is 0. The summed E-state index contributed by atoms with van der Waals surface area (Å²) < 4.78 is 50.9. The van der Waals surface area contributed by atoms with E-state index in [4.69, 9.17) is 14.2 Å². The number of hydrogen-bond donors (Lipinski definition) is 2. The van der Waals surface area contributed by atoms with Gasteiger partial charge < -0.3 is 19.3 Å². The Hall–Kier alpha value is -3.92. The largest absolute Gasteiger partial charge is 0.486 e. The second kappa shape index (κ2) is 14.7. The minimum Gasteiger partial charge on any atom is -0.486 e. The Bertz CT molecular complexity index is 1950. The summed E-state index contributed by atoms with van der Waals surface area (Å²) in [4.78, 5) is 13.3. The van der Waals surface area contributed by atoms with Crippen LogP contribution in [0.3, 0.4) is 0 Å². The van der Waals surface area contributed by atoms with Crippen LogP contribution in [0.5, 0.6) is 5.75 Å². The van der Waals surface area contributed by atoms with E-state index in [-0.39, 0.29) is 29.2 Å². The van der Waals surface area contributed by atoms with Crippen molar-refractivity contribution < 1.29 is 32.5 Å².